The summed E-state index contributed by atoms with van der Waals surface area (Å²) in [5, 5.41) is 5.51. The average Bonchev–Trinajstić information content (AvgIpc) is 2.99. The van der Waals surface area contributed by atoms with Gasteiger partial charge in [-0.2, -0.15) is 0 Å². The van der Waals surface area contributed by atoms with Crippen LogP contribution in [-0.2, 0) is 16.1 Å². The van der Waals surface area contributed by atoms with Crippen LogP contribution >= 0.6 is 0 Å². The molecular formula is C15H24N4O2. The second-order valence-corrected chi connectivity index (χ2v) is 4.81. The summed E-state index contributed by atoms with van der Waals surface area (Å²) in [5.74, 6) is -0.105. The summed E-state index contributed by atoms with van der Waals surface area (Å²) >= 11 is 0. The molecule has 21 heavy (non-hydrogen) atoms. The maximum absolute atomic E-state index is 11.6. The summed E-state index contributed by atoms with van der Waals surface area (Å²) < 4.78 is 2.04. The first-order valence-electron chi connectivity index (χ1n) is 7.35. The minimum absolute atomic E-state index is 0.0766. The molecule has 0 radical (unpaired) electrons. The highest BCUT2D eigenvalue weighted by Crippen LogP contribution is 2.02. The normalized spacial score (nSPS) is 10.1. The van der Waals surface area contributed by atoms with Crippen LogP contribution in [0.1, 0.15) is 32.1 Å². The Balaban J connectivity index is 1.89. The Morgan fingerprint density at radius 3 is 2.67 bits per heavy atom. The summed E-state index contributed by atoms with van der Waals surface area (Å²) in [6, 6.07) is 0. The minimum atomic E-state index is -0.181. The van der Waals surface area contributed by atoms with Gasteiger partial charge < -0.3 is 15.2 Å². The quantitative estimate of drug-likeness (QED) is 0.476. The van der Waals surface area contributed by atoms with Gasteiger partial charge >= 0.3 is 0 Å². The molecular weight excluding hydrogens is 268 g/mol. The van der Waals surface area contributed by atoms with Crippen molar-refractivity contribution in [2.45, 2.75) is 38.6 Å². The van der Waals surface area contributed by atoms with Crippen LogP contribution in [0.25, 0.3) is 0 Å². The summed E-state index contributed by atoms with van der Waals surface area (Å²) in [6.07, 6.45) is 11.0. The molecule has 0 atom stereocenters. The number of hydrogen-bond acceptors (Lipinski definition) is 3. The lowest BCUT2D eigenvalue weighted by Gasteiger charge is -2.06. The molecule has 0 unspecified atom stereocenters. The van der Waals surface area contributed by atoms with Crippen molar-refractivity contribution >= 4 is 11.8 Å². The van der Waals surface area contributed by atoms with Gasteiger partial charge in [0.1, 0.15) is 0 Å². The summed E-state index contributed by atoms with van der Waals surface area (Å²) in [6.45, 7) is 5.46. The van der Waals surface area contributed by atoms with E-state index in [2.05, 4.69) is 22.2 Å². The molecule has 0 aliphatic heterocycles. The predicted octanol–water partition coefficient (Wildman–Crippen LogP) is 1.25. The fraction of sp³-hybridized carbons (Fsp3) is 0.533. The number of hydrogen-bond donors (Lipinski definition) is 2. The summed E-state index contributed by atoms with van der Waals surface area (Å²) in [4.78, 5) is 26.4. The molecule has 6 heteroatoms. The minimum Gasteiger partial charge on any atom is -0.356 e. The van der Waals surface area contributed by atoms with Crippen molar-refractivity contribution in [2.75, 3.05) is 13.1 Å². The Morgan fingerprint density at radius 2 is 1.95 bits per heavy atom. The predicted molar refractivity (Wildman–Crippen MR) is 81.5 cm³/mol. The van der Waals surface area contributed by atoms with Crippen LogP contribution in [0.15, 0.2) is 31.4 Å². The highest BCUT2D eigenvalue weighted by Gasteiger charge is 2.01. The van der Waals surface area contributed by atoms with Gasteiger partial charge in [-0.25, -0.2) is 4.98 Å². The van der Waals surface area contributed by atoms with Gasteiger partial charge in [0, 0.05) is 38.4 Å². The number of carbonyl (C=O) groups is 2. The number of aromatic nitrogens is 2. The van der Waals surface area contributed by atoms with Crippen molar-refractivity contribution in [3.05, 3.63) is 31.4 Å². The van der Waals surface area contributed by atoms with E-state index in [0.29, 0.717) is 19.5 Å². The molecule has 6 nitrogen and oxygen atoms in total. The fourth-order valence-corrected chi connectivity index (χ4v) is 1.86. The van der Waals surface area contributed by atoms with E-state index < -0.39 is 0 Å². The second-order valence-electron chi connectivity index (χ2n) is 4.81. The molecule has 1 rings (SSSR count). The molecule has 0 aliphatic rings. The number of amides is 2. The molecule has 0 saturated heterocycles. The second kappa shape index (κ2) is 10.7. The van der Waals surface area contributed by atoms with Crippen molar-refractivity contribution in [1.82, 2.24) is 20.2 Å². The molecule has 116 valence electrons. The van der Waals surface area contributed by atoms with Gasteiger partial charge in [0.05, 0.1) is 6.33 Å². The lowest BCUT2D eigenvalue weighted by atomic mass is 10.2. The fourth-order valence-electron chi connectivity index (χ4n) is 1.86. The molecule has 2 amide bonds. The number of carbonyl (C=O) groups excluding carboxylic acids is 2. The molecule has 0 aliphatic carbocycles. The van der Waals surface area contributed by atoms with Crippen molar-refractivity contribution in [3.63, 3.8) is 0 Å². The van der Waals surface area contributed by atoms with Gasteiger partial charge in [0.15, 0.2) is 0 Å². The molecule has 2 N–H and O–H groups in total. The van der Waals surface area contributed by atoms with E-state index in [1.807, 2.05) is 10.8 Å². The molecule has 0 spiro atoms. The van der Waals surface area contributed by atoms with E-state index in [1.54, 1.807) is 12.5 Å². The van der Waals surface area contributed by atoms with Crippen LogP contribution in [0.5, 0.6) is 0 Å². The molecule has 1 aromatic heterocycles. The first-order chi connectivity index (χ1) is 10.2. The Hall–Kier alpha value is -2.11. The maximum atomic E-state index is 11.6. The number of imidazole rings is 1. The Kier molecular flexibility index (Phi) is 8.59. The highest BCUT2D eigenvalue weighted by molar-refractivity contribution is 5.86. The van der Waals surface area contributed by atoms with Gasteiger partial charge in [0.25, 0.3) is 0 Å². The first kappa shape index (κ1) is 16.9. The van der Waals surface area contributed by atoms with Crippen LogP contribution in [0, 0.1) is 0 Å². The van der Waals surface area contributed by atoms with E-state index in [1.165, 1.54) is 6.08 Å². The Bertz CT molecular complexity index is 429. The van der Waals surface area contributed by atoms with E-state index >= 15 is 0 Å². The molecule has 0 fully saturated rings. The largest absolute Gasteiger partial charge is 0.356 e. The van der Waals surface area contributed by atoms with Crippen LogP contribution in [0.2, 0.25) is 0 Å². The third-order valence-corrected chi connectivity index (χ3v) is 3.04. The standard InChI is InChI=1S/C15H24N4O2/c1-2-14(20)17-8-6-9-18-15(21)7-4-3-5-11-19-12-10-16-13-19/h2,10,12-13H,1,3-9,11H2,(H,17,20)(H,18,21). The third kappa shape index (κ3) is 8.62. The maximum Gasteiger partial charge on any atom is 0.243 e. The SMILES string of the molecule is C=CC(=O)NCCCNC(=O)CCCCCn1ccnc1. The number of unbranched alkanes of at least 4 members (excludes halogenated alkanes) is 2. The smallest absolute Gasteiger partial charge is 0.243 e. The van der Waals surface area contributed by atoms with Crippen LogP contribution in [0.4, 0.5) is 0 Å². The van der Waals surface area contributed by atoms with Gasteiger partial charge in [-0.3, -0.25) is 9.59 Å². The van der Waals surface area contributed by atoms with Crippen molar-refractivity contribution in [3.8, 4) is 0 Å². The Morgan fingerprint density at radius 1 is 1.14 bits per heavy atom. The molecule has 0 bridgehead atoms. The van der Waals surface area contributed by atoms with Crippen molar-refractivity contribution in [1.29, 1.82) is 0 Å². The number of aryl methyl sites for hydroxylation is 1. The monoisotopic (exact) mass is 292 g/mol. The molecule has 1 heterocycles. The molecule has 0 saturated carbocycles. The summed E-state index contributed by atoms with van der Waals surface area (Å²) in [7, 11) is 0. The zero-order chi connectivity index (χ0) is 15.3. The number of nitrogens with one attached hydrogen (secondary N) is 2. The average molecular weight is 292 g/mol. The van der Waals surface area contributed by atoms with E-state index in [4.69, 9.17) is 0 Å². The number of rotatable bonds is 11. The van der Waals surface area contributed by atoms with Gasteiger partial charge in [-0.15, -0.1) is 0 Å². The van der Waals surface area contributed by atoms with Gasteiger partial charge in [-0.05, 0) is 25.3 Å². The Labute approximate surface area is 125 Å². The van der Waals surface area contributed by atoms with Gasteiger partial charge in [0.2, 0.25) is 11.8 Å². The molecule has 0 aromatic carbocycles. The number of nitrogens with zero attached hydrogens (tertiary/aromatic N) is 2. The van der Waals surface area contributed by atoms with Gasteiger partial charge in [-0.1, -0.05) is 13.0 Å². The van der Waals surface area contributed by atoms with E-state index in [9.17, 15) is 9.59 Å². The lowest BCUT2D eigenvalue weighted by molar-refractivity contribution is -0.121. The topological polar surface area (TPSA) is 76.0 Å². The first-order valence-corrected chi connectivity index (χ1v) is 7.35. The van der Waals surface area contributed by atoms with Crippen molar-refractivity contribution in [2.24, 2.45) is 0 Å². The summed E-state index contributed by atoms with van der Waals surface area (Å²) in [5.41, 5.74) is 0. The van der Waals surface area contributed by atoms with E-state index in [-0.39, 0.29) is 11.8 Å². The highest BCUT2D eigenvalue weighted by atomic mass is 16.2. The zero-order valence-electron chi connectivity index (χ0n) is 12.4. The van der Waals surface area contributed by atoms with Crippen LogP contribution < -0.4 is 10.6 Å². The van der Waals surface area contributed by atoms with Crippen LogP contribution in [0.3, 0.4) is 0 Å². The molecule has 1 aromatic rings. The zero-order valence-corrected chi connectivity index (χ0v) is 12.4. The third-order valence-electron chi connectivity index (χ3n) is 3.04. The lowest BCUT2D eigenvalue weighted by Crippen LogP contribution is -2.28. The van der Waals surface area contributed by atoms with Crippen LogP contribution in [-0.4, -0.2) is 34.5 Å². The van der Waals surface area contributed by atoms with E-state index in [0.717, 1.165) is 32.2 Å². The van der Waals surface area contributed by atoms with Crippen molar-refractivity contribution < 1.29 is 9.59 Å².